The Morgan fingerprint density at radius 3 is 2.14 bits per heavy atom. The Hall–Kier alpha value is -5.31. The predicted molar refractivity (Wildman–Crippen MR) is 133 cm³/mol. The number of nitrogens with zero attached hydrogens (tertiary/aromatic N) is 2. The third-order valence-electron chi connectivity index (χ3n) is 5.69. The molecule has 4 aromatic carbocycles. The fourth-order valence-corrected chi connectivity index (χ4v) is 3.90. The number of rotatable bonds is 7. The molecule has 0 unspecified atom stereocenters. The second kappa shape index (κ2) is 9.74. The molecule has 1 heterocycles. The minimum Gasteiger partial charge on any atom is -0.457 e. The molecule has 0 aliphatic carbocycles. The van der Waals surface area contributed by atoms with Gasteiger partial charge in [0.25, 0.3) is 17.5 Å². The largest absolute Gasteiger partial charge is 0.457 e. The van der Waals surface area contributed by atoms with Crippen molar-refractivity contribution in [2.75, 3.05) is 4.90 Å². The Morgan fingerprint density at radius 1 is 0.784 bits per heavy atom. The van der Waals surface area contributed by atoms with Gasteiger partial charge in [0.1, 0.15) is 18.1 Å². The van der Waals surface area contributed by atoms with E-state index in [0.29, 0.717) is 28.2 Å². The fourth-order valence-electron chi connectivity index (χ4n) is 3.90. The second-order valence-corrected chi connectivity index (χ2v) is 8.12. The number of non-ortho nitro benzene ring substituents is 1. The minimum absolute atomic E-state index is 0.0416. The van der Waals surface area contributed by atoms with Crippen LogP contribution in [0, 0.1) is 10.1 Å². The number of ether oxygens (including phenoxy) is 2. The van der Waals surface area contributed by atoms with Crippen molar-refractivity contribution in [3.63, 3.8) is 0 Å². The highest BCUT2D eigenvalue weighted by atomic mass is 16.6. The van der Waals surface area contributed by atoms with Gasteiger partial charge in [0.05, 0.1) is 27.3 Å². The quantitative estimate of drug-likeness (QED) is 0.143. The molecule has 1 aliphatic heterocycles. The molecule has 9 heteroatoms. The Balaban J connectivity index is 1.25. The van der Waals surface area contributed by atoms with Crippen LogP contribution in [0.15, 0.2) is 97.1 Å². The zero-order valence-electron chi connectivity index (χ0n) is 19.2. The van der Waals surface area contributed by atoms with Crippen LogP contribution in [0.5, 0.6) is 11.5 Å². The number of nitro groups is 1. The molecule has 0 radical (unpaired) electrons. The SMILES string of the molecule is O=C(OCc1cccc(Oc2ccc([N+](=O)[O-])cc2)c1)c1cccc(N2C(=O)c3ccccc3C2=O)c1. The number of anilines is 1. The van der Waals surface area contributed by atoms with E-state index in [0.717, 1.165) is 4.90 Å². The van der Waals surface area contributed by atoms with Crippen molar-refractivity contribution < 1.29 is 28.8 Å². The van der Waals surface area contributed by atoms with Gasteiger partial charge in [0, 0.05) is 12.1 Å². The standard InChI is InChI=1S/C28H18N2O7/c31-26-24-9-1-2-10-25(24)27(32)29(26)21-7-4-6-19(16-21)28(33)36-17-18-5-3-8-23(15-18)37-22-13-11-20(12-14-22)30(34)35/h1-16H,17H2. The van der Waals surface area contributed by atoms with Crippen LogP contribution in [0.1, 0.15) is 36.6 Å². The van der Waals surface area contributed by atoms with Crippen molar-refractivity contribution in [1.82, 2.24) is 0 Å². The molecule has 0 aromatic heterocycles. The van der Waals surface area contributed by atoms with Gasteiger partial charge in [-0.1, -0.05) is 30.3 Å². The topological polar surface area (TPSA) is 116 Å². The van der Waals surface area contributed by atoms with E-state index in [2.05, 4.69) is 0 Å². The lowest BCUT2D eigenvalue weighted by Gasteiger charge is -2.15. The number of nitro benzene ring substituents is 1. The first-order valence-electron chi connectivity index (χ1n) is 11.2. The van der Waals surface area contributed by atoms with E-state index < -0.39 is 22.7 Å². The summed E-state index contributed by atoms with van der Waals surface area (Å²) >= 11 is 0. The first-order valence-corrected chi connectivity index (χ1v) is 11.2. The molecule has 9 nitrogen and oxygen atoms in total. The monoisotopic (exact) mass is 494 g/mol. The number of esters is 1. The van der Waals surface area contributed by atoms with Crippen molar-refractivity contribution in [3.8, 4) is 11.5 Å². The van der Waals surface area contributed by atoms with Crippen molar-refractivity contribution in [2.24, 2.45) is 0 Å². The van der Waals surface area contributed by atoms with Gasteiger partial charge in [-0.15, -0.1) is 0 Å². The van der Waals surface area contributed by atoms with E-state index in [1.807, 2.05) is 0 Å². The first-order chi connectivity index (χ1) is 17.9. The van der Waals surface area contributed by atoms with Gasteiger partial charge >= 0.3 is 5.97 Å². The summed E-state index contributed by atoms with van der Waals surface area (Å²) in [6.07, 6.45) is 0. The number of amides is 2. The lowest BCUT2D eigenvalue weighted by atomic mass is 10.1. The maximum absolute atomic E-state index is 12.8. The third kappa shape index (κ3) is 4.78. The van der Waals surface area contributed by atoms with E-state index in [4.69, 9.17) is 9.47 Å². The van der Waals surface area contributed by atoms with Crippen LogP contribution in [0.4, 0.5) is 11.4 Å². The average molecular weight is 494 g/mol. The van der Waals surface area contributed by atoms with Crippen LogP contribution in [0.2, 0.25) is 0 Å². The van der Waals surface area contributed by atoms with Gasteiger partial charge in [0.2, 0.25) is 0 Å². The van der Waals surface area contributed by atoms with Gasteiger partial charge in [-0.25, -0.2) is 9.69 Å². The smallest absolute Gasteiger partial charge is 0.338 e. The fraction of sp³-hybridized carbons (Fsp3) is 0.0357. The summed E-state index contributed by atoms with van der Waals surface area (Å²) in [4.78, 5) is 49.6. The Kier molecular flexibility index (Phi) is 6.17. The molecule has 0 N–H and O–H groups in total. The Labute approximate surface area is 210 Å². The number of benzene rings is 4. The summed E-state index contributed by atoms with van der Waals surface area (Å²) in [5.41, 5.74) is 1.71. The third-order valence-corrected chi connectivity index (χ3v) is 5.69. The van der Waals surface area contributed by atoms with Crippen LogP contribution in [-0.2, 0) is 11.3 Å². The maximum atomic E-state index is 12.8. The normalized spacial score (nSPS) is 12.3. The molecular formula is C28H18N2O7. The predicted octanol–water partition coefficient (Wildman–Crippen LogP) is 5.54. The molecule has 4 aromatic rings. The molecule has 0 atom stereocenters. The van der Waals surface area contributed by atoms with Crippen LogP contribution < -0.4 is 9.64 Å². The van der Waals surface area contributed by atoms with Gasteiger partial charge in [-0.05, 0) is 60.2 Å². The summed E-state index contributed by atoms with van der Waals surface area (Å²) in [6.45, 7) is -0.0481. The lowest BCUT2D eigenvalue weighted by Crippen LogP contribution is -2.29. The second-order valence-electron chi connectivity index (χ2n) is 8.12. The highest BCUT2D eigenvalue weighted by Crippen LogP contribution is 2.29. The van der Waals surface area contributed by atoms with Gasteiger partial charge in [-0.2, -0.15) is 0 Å². The lowest BCUT2D eigenvalue weighted by molar-refractivity contribution is -0.384. The minimum atomic E-state index is -0.625. The van der Waals surface area contributed by atoms with Crippen molar-refractivity contribution >= 4 is 29.2 Å². The number of fused-ring (bicyclic) bond motifs is 1. The molecule has 37 heavy (non-hydrogen) atoms. The molecule has 0 bridgehead atoms. The summed E-state index contributed by atoms with van der Waals surface area (Å²) in [5, 5.41) is 10.8. The molecule has 0 fully saturated rings. The molecule has 2 amide bonds. The summed E-state index contributed by atoms with van der Waals surface area (Å²) in [7, 11) is 0. The van der Waals surface area contributed by atoms with E-state index in [-0.39, 0.29) is 23.5 Å². The molecule has 182 valence electrons. The number of carbonyl (C=O) groups is 3. The molecule has 0 spiro atoms. The summed E-state index contributed by atoms with van der Waals surface area (Å²) in [5.74, 6) is -0.633. The van der Waals surface area contributed by atoms with E-state index in [1.54, 1.807) is 60.7 Å². The molecule has 0 saturated carbocycles. The zero-order chi connectivity index (χ0) is 25.9. The van der Waals surface area contributed by atoms with Gasteiger partial charge < -0.3 is 9.47 Å². The average Bonchev–Trinajstić information content (AvgIpc) is 3.17. The highest BCUT2D eigenvalue weighted by molar-refractivity contribution is 6.34. The van der Waals surface area contributed by atoms with Crippen molar-refractivity contribution in [3.05, 3.63) is 129 Å². The number of imide groups is 1. The van der Waals surface area contributed by atoms with Crippen molar-refractivity contribution in [2.45, 2.75) is 6.61 Å². The zero-order valence-corrected chi connectivity index (χ0v) is 19.2. The Morgan fingerprint density at radius 2 is 1.46 bits per heavy atom. The maximum Gasteiger partial charge on any atom is 0.338 e. The number of hydrogen-bond acceptors (Lipinski definition) is 7. The van der Waals surface area contributed by atoms with Gasteiger partial charge in [0.15, 0.2) is 0 Å². The van der Waals surface area contributed by atoms with Gasteiger partial charge in [-0.3, -0.25) is 19.7 Å². The first kappa shape index (κ1) is 23.4. The van der Waals surface area contributed by atoms with Crippen LogP contribution in [-0.4, -0.2) is 22.7 Å². The molecule has 0 saturated heterocycles. The van der Waals surface area contributed by atoms with Crippen LogP contribution in [0.3, 0.4) is 0 Å². The summed E-state index contributed by atoms with van der Waals surface area (Å²) < 4.78 is 11.2. The van der Waals surface area contributed by atoms with E-state index >= 15 is 0 Å². The van der Waals surface area contributed by atoms with Crippen molar-refractivity contribution in [1.29, 1.82) is 0 Å². The van der Waals surface area contributed by atoms with E-state index in [1.165, 1.54) is 36.4 Å². The Bertz CT molecular complexity index is 1510. The molecule has 1 aliphatic rings. The molecular weight excluding hydrogens is 476 g/mol. The number of hydrogen-bond donors (Lipinski definition) is 0. The number of carbonyl (C=O) groups excluding carboxylic acids is 3. The molecule has 5 rings (SSSR count). The summed E-state index contributed by atoms with van der Waals surface area (Å²) in [6, 6.07) is 25.2. The van der Waals surface area contributed by atoms with Crippen LogP contribution in [0.25, 0.3) is 0 Å². The highest BCUT2D eigenvalue weighted by Gasteiger charge is 2.36. The van der Waals surface area contributed by atoms with E-state index in [9.17, 15) is 24.5 Å². The van der Waals surface area contributed by atoms with Crippen LogP contribution >= 0.6 is 0 Å².